The molecule has 1 aliphatic rings. The fourth-order valence-corrected chi connectivity index (χ4v) is 3.26. The zero-order valence-electron chi connectivity index (χ0n) is 16.7. The van der Waals surface area contributed by atoms with Crippen LogP contribution >= 0.6 is 0 Å². The molecule has 1 aliphatic heterocycles. The van der Waals surface area contributed by atoms with Gasteiger partial charge in [0.25, 0.3) is 0 Å². The average Bonchev–Trinajstić information content (AvgIpc) is 3.13. The van der Waals surface area contributed by atoms with E-state index in [1.807, 2.05) is 42.5 Å². The van der Waals surface area contributed by atoms with Crippen LogP contribution < -0.4 is 9.47 Å². The molecule has 0 fully saturated rings. The van der Waals surface area contributed by atoms with E-state index in [0.29, 0.717) is 23.8 Å². The first-order valence-corrected chi connectivity index (χ1v) is 9.67. The highest BCUT2D eigenvalue weighted by Crippen LogP contribution is 2.32. The molecule has 5 heteroatoms. The lowest BCUT2D eigenvalue weighted by Gasteiger charge is -2.17. The van der Waals surface area contributed by atoms with E-state index in [9.17, 15) is 9.59 Å². The molecule has 0 saturated heterocycles. The van der Waals surface area contributed by atoms with Crippen molar-refractivity contribution in [3.05, 3.63) is 59.2 Å². The van der Waals surface area contributed by atoms with Gasteiger partial charge < -0.3 is 14.4 Å². The molecule has 0 bridgehead atoms. The van der Waals surface area contributed by atoms with Crippen LogP contribution in [-0.2, 0) is 17.8 Å². The number of fused-ring (bicyclic) bond motifs is 1. The largest absolute Gasteiger partial charge is 0.454 e. The summed E-state index contributed by atoms with van der Waals surface area (Å²) in [5.74, 6) is 1.96. The molecule has 0 aromatic heterocycles. The monoisotopic (exact) mass is 381 g/mol. The quantitative estimate of drug-likeness (QED) is 0.642. The third-order valence-corrected chi connectivity index (χ3v) is 4.77. The van der Waals surface area contributed by atoms with Crippen LogP contribution in [0.3, 0.4) is 0 Å². The van der Waals surface area contributed by atoms with E-state index in [1.54, 1.807) is 11.9 Å². The van der Waals surface area contributed by atoms with Crippen molar-refractivity contribution in [2.45, 2.75) is 39.7 Å². The number of hydrogen-bond donors (Lipinski definition) is 0. The predicted octanol–water partition coefficient (Wildman–Crippen LogP) is 4.24. The molecule has 0 atom stereocenters. The second kappa shape index (κ2) is 8.91. The van der Waals surface area contributed by atoms with E-state index in [0.717, 1.165) is 17.7 Å². The first-order valence-electron chi connectivity index (χ1n) is 9.67. The number of benzene rings is 2. The Morgan fingerprint density at radius 1 is 0.964 bits per heavy atom. The van der Waals surface area contributed by atoms with Crippen LogP contribution in [0, 0.1) is 5.92 Å². The summed E-state index contributed by atoms with van der Waals surface area (Å²) in [6.07, 6.45) is 1.42. The van der Waals surface area contributed by atoms with Gasteiger partial charge in [0.2, 0.25) is 12.7 Å². The molecule has 5 nitrogen and oxygen atoms in total. The van der Waals surface area contributed by atoms with Crippen molar-refractivity contribution in [2.75, 3.05) is 13.8 Å². The number of rotatable bonds is 8. The van der Waals surface area contributed by atoms with Crippen LogP contribution in [0.15, 0.2) is 42.5 Å². The molecular formula is C23H27NO4. The number of ether oxygens (including phenoxy) is 2. The van der Waals surface area contributed by atoms with Gasteiger partial charge in [-0.25, -0.2) is 0 Å². The maximum atomic E-state index is 12.4. The summed E-state index contributed by atoms with van der Waals surface area (Å²) < 4.78 is 10.7. The zero-order valence-corrected chi connectivity index (χ0v) is 16.7. The van der Waals surface area contributed by atoms with Crippen LogP contribution in [0.2, 0.25) is 0 Å². The van der Waals surface area contributed by atoms with Gasteiger partial charge in [0.15, 0.2) is 17.3 Å². The highest BCUT2D eigenvalue weighted by molar-refractivity contribution is 5.97. The summed E-state index contributed by atoms with van der Waals surface area (Å²) in [7, 11) is 1.75. The van der Waals surface area contributed by atoms with Crippen molar-refractivity contribution in [3.63, 3.8) is 0 Å². The molecule has 148 valence electrons. The molecule has 1 amide bonds. The van der Waals surface area contributed by atoms with E-state index < -0.39 is 0 Å². The SMILES string of the molecule is CC(C)Cc1ccc(C(=O)CCC(=O)N(C)Cc2ccc3c(c2)OCO3)cc1. The lowest BCUT2D eigenvalue weighted by atomic mass is 9.99. The van der Waals surface area contributed by atoms with Crippen LogP contribution in [0.4, 0.5) is 0 Å². The van der Waals surface area contributed by atoms with Gasteiger partial charge in [-0.15, -0.1) is 0 Å². The maximum absolute atomic E-state index is 12.4. The summed E-state index contributed by atoms with van der Waals surface area (Å²) in [5.41, 5.74) is 2.86. The molecule has 0 aliphatic carbocycles. The van der Waals surface area contributed by atoms with Gasteiger partial charge in [-0.3, -0.25) is 9.59 Å². The van der Waals surface area contributed by atoms with Crippen LogP contribution in [0.25, 0.3) is 0 Å². The topological polar surface area (TPSA) is 55.8 Å². The van der Waals surface area contributed by atoms with Crippen LogP contribution in [0.5, 0.6) is 11.5 Å². The Morgan fingerprint density at radius 3 is 2.36 bits per heavy atom. The van der Waals surface area contributed by atoms with E-state index in [1.165, 1.54) is 5.56 Å². The standard InChI is InChI=1S/C23H27NO4/c1-16(2)12-17-4-7-19(8-5-17)20(25)9-11-23(26)24(3)14-18-6-10-21-22(13-18)28-15-27-21/h4-8,10,13,16H,9,11-12,14-15H2,1-3H3. The Hall–Kier alpha value is -2.82. The van der Waals surface area contributed by atoms with Gasteiger partial charge in [-0.2, -0.15) is 0 Å². The Balaban J connectivity index is 1.49. The molecule has 0 saturated carbocycles. The summed E-state index contributed by atoms with van der Waals surface area (Å²) in [6.45, 7) is 5.04. The number of nitrogens with zero attached hydrogens (tertiary/aromatic N) is 1. The van der Waals surface area contributed by atoms with Crippen molar-refractivity contribution in [1.82, 2.24) is 4.90 Å². The van der Waals surface area contributed by atoms with Gasteiger partial charge in [-0.1, -0.05) is 44.2 Å². The Labute approximate surface area is 166 Å². The Kier molecular flexibility index (Phi) is 6.34. The lowest BCUT2D eigenvalue weighted by Crippen LogP contribution is -2.26. The van der Waals surface area contributed by atoms with Crippen molar-refractivity contribution < 1.29 is 19.1 Å². The molecule has 1 heterocycles. The molecule has 2 aromatic rings. The second-order valence-electron chi connectivity index (χ2n) is 7.66. The number of hydrogen-bond acceptors (Lipinski definition) is 4. The summed E-state index contributed by atoms with van der Waals surface area (Å²) in [4.78, 5) is 26.4. The third-order valence-electron chi connectivity index (χ3n) is 4.77. The number of amides is 1. The minimum atomic E-state index is -0.0533. The molecule has 3 rings (SSSR count). The molecular weight excluding hydrogens is 354 g/mol. The Morgan fingerprint density at radius 2 is 1.64 bits per heavy atom. The second-order valence-corrected chi connectivity index (χ2v) is 7.66. The zero-order chi connectivity index (χ0) is 20.1. The molecule has 2 aromatic carbocycles. The summed E-state index contributed by atoms with van der Waals surface area (Å²) in [5, 5.41) is 0. The molecule has 0 spiro atoms. The molecule has 0 radical (unpaired) electrons. The van der Waals surface area contributed by atoms with Crippen LogP contribution in [0.1, 0.15) is 48.2 Å². The van der Waals surface area contributed by atoms with Crippen molar-refractivity contribution in [3.8, 4) is 11.5 Å². The number of ketones is 1. The number of carbonyl (C=O) groups is 2. The third kappa shape index (κ3) is 5.12. The van der Waals surface area contributed by atoms with E-state index >= 15 is 0 Å². The minimum Gasteiger partial charge on any atom is -0.454 e. The normalized spacial score (nSPS) is 12.3. The Bertz CT molecular complexity index is 842. The van der Waals surface area contributed by atoms with Crippen LogP contribution in [-0.4, -0.2) is 30.4 Å². The van der Waals surface area contributed by atoms with Crippen molar-refractivity contribution in [1.29, 1.82) is 0 Å². The van der Waals surface area contributed by atoms with Gasteiger partial charge >= 0.3 is 0 Å². The predicted molar refractivity (Wildman–Crippen MR) is 108 cm³/mol. The first kappa shape index (κ1) is 19.9. The van der Waals surface area contributed by atoms with Crippen molar-refractivity contribution in [2.24, 2.45) is 5.92 Å². The first-order chi connectivity index (χ1) is 13.4. The maximum Gasteiger partial charge on any atom is 0.231 e. The fraction of sp³-hybridized carbons (Fsp3) is 0.391. The molecule has 0 unspecified atom stereocenters. The van der Waals surface area contributed by atoms with E-state index in [-0.39, 0.29) is 31.3 Å². The molecule has 0 N–H and O–H groups in total. The highest BCUT2D eigenvalue weighted by atomic mass is 16.7. The van der Waals surface area contributed by atoms with Gasteiger partial charge in [0.05, 0.1) is 0 Å². The minimum absolute atomic E-state index is 0.000858. The number of carbonyl (C=O) groups excluding carboxylic acids is 2. The van der Waals surface area contributed by atoms with Gasteiger partial charge in [0, 0.05) is 32.0 Å². The summed E-state index contributed by atoms with van der Waals surface area (Å²) >= 11 is 0. The van der Waals surface area contributed by atoms with Crippen molar-refractivity contribution >= 4 is 11.7 Å². The van der Waals surface area contributed by atoms with E-state index in [2.05, 4.69) is 13.8 Å². The fourth-order valence-electron chi connectivity index (χ4n) is 3.26. The smallest absolute Gasteiger partial charge is 0.231 e. The average molecular weight is 381 g/mol. The summed E-state index contributed by atoms with van der Waals surface area (Å²) in [6, 6.07) is 13.4. The highest BCUT2D eigenvalue weighted by Gasteiger charge is 2.16. The van der Waals surface area contributed by atoms with Gasteiger partial charge in [-0.05, 0) is 35.6 Å². The molecule has 28 heavy (non-hydrogen) atoms. The van der Waals surface area contributed by atoms with Gasteiger partial charge in [0.1, 0.15) is 0 Å². The lowest BCUT2D eigenvalue weighted by molar-refractivity contribution is -0.130. The van der Waals surface area contributed by atoms with E-state index in [4.69, 9.17) is 9.47 Å². The number of Topliss-reactive ketones (excluding diaryl/α,β-unsaturated/α-hetero) is 1.